The zero-order valence-corrected chi connectivity index (χ0v) is 11.5. The number of imidazole rings is 1. The standard InChI is InChI=1S/C14H22N4O/c1-19-9-11-2-4-18(5-3-11)8-12-6-13-14(7-15-12)17-10-16-13/h2,10,12,15H,3-9H2,1H3,(H,16,17). The summed E-state index contributed by atoms with van der Waals surface area (Å²) >= 11 is 0. The molecule has 3 rings (SSSR count). The first kappa shape index (κ1) is 12.8. The molecule has 0 aromatic carbocycles. The second-order valence-corrected chi connectivity index (χ2v) is 5.41. The molecule has 2 aliphatic heterocycles. The summed E-state index contributed by atoms with van der Waals surface area (Å²) in [4.78, 5) is 10.1. The molecule has 0 saturated carbocycles. The number of H-pyrrole nitrogens is 1. The average molecular weight is 262 g/mol. The van der Waals surface area contributed by atoms with Gasteiger partial charge in [-0.2, -0.15) is 0 Å². The number of aromatic nitrogens is 2. The molecular weight excluding hydrogens is 240 g/mol. The van der Waals surface area contributed by atoms with Gasteiger partial charge in [-0.3, -0.25) is 4.90 Å². The number of hydrogen-bond donors (Lipinski definition) is 2. The van der Waals surface area contributed by atoms with Gasteiger partial charge in [-0.05, 0) is 12.0 Å². The second kappa shape index (κ2) is 5.86. The van der Waals surface area contributed by atoms with Gasteiger partial charge in [0.2, 0.25) is 0 Å². The van der Waals surface area contributed by atoms with Gasteiger partial charge in [-0.1, -0.05) is 6.08 Å². The molecule has 1 atom stereocenters. The van der Waals surface area contributed by atoms with Crippen LogP contribution < -0.4 is 5.32 Å². The Kier molecular flexibility index (Phi) is 3.96. The van der Waals surface area contributed by atoms with E-state index in [-0.39, 0.29) is 0 Å². The van der Waals surface area contributed by atoms with Gasteiger partial charge in [-0.15, -0.1) is 0 Å². The molecule has 1 unspecified atom stereocenters. The summed E-state index contributed by atoms with van der Waals surface area (Å²) in [6.07, 6.45) is 6.28. The van der Waals surface area contributed by atoms with Crippen molar-refractivity contribution in [1.82, 2.24) is 20.2 Å². The Morgan fingerprint density at radius 1 is 1.53 bits per heavy atom. The van der Waals surface area contributed by atoms with Crippen molar-refractivity contribution in [2.75, 3.05) is 33.4 Å². The van der Waals surface area contributed by atoms with E-state index in [1.165, 1.54) is 17.0 Å². The molecule has 0 spiro atoms. The number of nitrogens with one attached hydrogen (secondary N) is 2. The minimum Gasteiger partial charge on any atom is -0.380 e. The molecule has 0 bridgehead atoms. The Hall–Kier alpha value is -1.17. The lowest BCUT2D eigenvalue weighted by atomic mass is 10.0. The lowest BCUT2D eigenvalue weighted by Gasteiger charge is -2.32. The maximum Gasteiger partial charge on any atom is 0.0925 e. The van der Waals surface area contributed by atoms with Crippen molar-refractivity contribution in [2.45, 2.75) is 25.4 Å². The van der Waals surface area contributed by atoms with Crippen LogP contribution in [-0.4, -0.2) is 54.3 Å². The summed E-state index contributed by atoms with van der Waals surface area (Å²) < 4.78 is 5.19. The van der Waals surface area contributed by atoms with Crippen molar-refractivity contribution >= 4 is 0 Å². The van der Waals surface area contributed by atoms with Crippen LogP contribution in [0.4, 0.5) is 0 Å². The Bertz CT molecular complexity index is 454. The summed E-state index contributed by atoms with van der Waals surface area (Å²) in [5.41, 5.74) is 3.92. The van der Waals surface area contributed by atoms with Crippen LogP contribution in [0.15, 0.2) is 18.0 Å². The van der Waals surface area contributed by atoms with Gasteiger partial charge in [0.15, 0.2) is 0 Å². The molecule has 5 nitrogen and oxygen atoms in total. The first-order chi connectivity index (χ1) is 9.35. The van der Waals surface area contributed by atoms with Crippen LogP contribution in [0, 0.1) is 0 Å². The number of ether oxygens (including phenoxy) is 1. The van der Waals surface area contributed by atoms with Crippen molar-refractivity contribution in [3.05, 3.63) is 29.4 Å². The van der Waals surface area contributed by atoms with E-state index in [1.54, 1.807) is 13.4 Å². The van der Waals surface area contributed by atoms with E-state index in [4.69, 9.17) is 4.74 Å². The van der Waals surface area contributed by atoms with Crippen LogP contribution in [0.2, 0.25) is 0 Å². The molecular formula is C14H22N4O. The predicted molar refractivity (Wildman–Crippen MR) is 73.9 cm³/mol. The lowest BCUT2D eigenvalue weighted by Crippen LogP contribution is -2.46. The van der Waals surface area contributed by atoms with E-state index in [1.807, 2.05) is 0 Å². The Labute approximate surface area is 114 Å². The highest BCUT2D eigenvalue weighted by molar-refractivity contribution is 5.16. The van der Waals surface area contributed by atoms with E-state index in [2.05, 4.69) is 26.3 Å². The molecule has 0 amide bonds. The summed E-state index contributed by atoms with van der Waals surface area (Å²) in [5.74, 6) is 0. The van der Waals surface area contributed by atoms with Crippen molar-refractivity contribution in [3.8, 4) is 0 Å². The summed E-state index contributed by atoms with van der Waals surface area (Å²) in [5, 5.41) is 3.59. The van der Waals surface area contributed by atoms with Crippen molar-refractivity contribution in [1.29, 1.82) is 0 Å². The van der Waals surface area contributed by atoms with Gasteiger partial charge >= 0.3 is 0 Å². The van der Waals surface area contributed by atoms with Gasteiger partial charge in [-0.25, -0.2) is 4.98 Å². The molecule has 0 aliphatic carbocycles. The molecule has 0 fully saturated rings. The summed E-state index contributed by atoms with van der Waals surface area (Å²) in [6, 6.07) is 0.521. The Balaban J connectivity index is 1.51. The lowest BCUT2D eigenvalue weighted by molar-refractivity contribution is 0.205. The van der Waals surface area contributed by atoms with Gasteiger partial charge in [0.25, 0.3) is 0 Å². The smallest absolute Gasteiger partial charge is 0.0925 e. The highest BCUT2D eigenvalue weighted by Crippen LogP contribution is 2.15. The van der Waals surface area contributed by atoms with Gasteiger partial charge in [0, 0.05) is 45.8 Å². The maximum absolute atomic E-state index is 5.19. The highest BCUT2D eigenvalue weighted by Gasteiger charge is 2.22. The Morgan fingerprint density at radius 2 is 2.47 bits per heavy atom. The van der Waals surface area contributed by atoms with E-state index in [0.717, 1.165) is 45.6 Å². The molecule has 1 aromatic heterocycles. The molecule has 104 valence electrons. The van der Waals surface area contributed by atoms with Crippen LogP contribution in [-0.2, 0) is 17.7 Å². The fourth-order valence-electron chi connectivity index (χ4n) is 2.91. The number of nitrogens with zero attached hydrogens (tertiary/aromatic N) is 2. The fourth-order valence-corrected chi connectivity index (χ4v) is 2.91. The van der Waals surface area contributed by atoms with Crippen molar-refractivity contribution in [3.63, 3.8) is 0 Å². The predicted octanol–water partition coefficient (Wildman–Crippen LogP) is 0.702. The van der Waals surface area contributed by atoms with Crippen LogP contribution in [0.5, 0.6) is 0 Å². The van der Waals surface area contributed by atoms with Crippen LogP contribution in [0.1, 0.15) is 17.8 Å². The van der Waals surface area contributed by atoms with E-state index in [0.29, 0.717) is 6.04 Å². The van der Waals surface area contributed by atoms with E-state index < -0.39 is 0 Å². The third-order valence-corrected chi connectivity index (χ3v) is 4.01. The van der Waals surface area contributed by atoms with Crippen LogP contribution in [0.3, 0.4) is 0 Å². The monoisotopic (exact) mass is 262 g/mol. The number of rotatable bonds is 4. The second-order valence-electron chi connectivity index (χ2n) is 5.41. The van der Waals surface area contributed by atoms with Crippen molar-refractivity contribution in [2.24, 2.45) is 0 Å². The minimum absolute atomic E-state index is 0.521. The summed E-state index contributed by atoms with van der Waals surface area (Å²) in [7, 11) is 1.76. The number of hydrogen-bond acceptors (Lipinski definition) is 4. The molecule has 2 N–H and O–H groups in total. The third-order valence-electron chi connectivity index (χ3n) is 4.01. The van der Waals surface area contributed by atoms with Crippen molar-refractivity contribution < 1.29 is 4.74 Å². The topological polar surface area (TPSA) is 53.2 Å². The normalized spacial score (nSPS) is 24.1. The molecule has 1 aromatic rings. The highest BCUT2D eigenvalue weighted by atomic mass is 16.5. The molecule has 0 saturated heterocycles. The van der Waals surface area contributed by atoms with E-state index >= 15 is 0 Å². The third kappa shape index (κ3) is 3.05. The molecule has 5 heteroatoms. The summed E-state index contributed by atoms with van der Waals surface area (Å²) in [6.45, 7) is 4.99. The SMILES string of the molecule is COCC1=CCN(CC2Cc3nc[nH]c3CN2)CC1. The zero-order chi connectivity index (χ0) is 13.1. The van der Waals surface area contributed by atoms with Crippen LogP contribution >= 0.6 is 0 Å². The van der Waals surface area contributed by atoms with Crippen LogP contribution in [0.25, 0.3) is 0 Å². The fraction of sp³-hybridized carbons (Fsp3) is 0.643. The average Bonchev–Trinajstić information content (AvgIpc) is 2.89. The number of aromatic amines is 1. The number of methoxy groups -OCH3 is 1. The first-order valence-corrected chi connectivity index (χ1v) is 6.99. The van der Waals surface area contributed by atoms with E-state index in [9.17, 15) is 0 Å². The molecule has 3 heterocycles. The first-order valence-electron chi connectivity index (χ1n) is 6.99. The minimum atomic E-state index is 0.521. The zero-order valence-electron chi connectivity index (χ0n) is 11.5. The molecule has 2 aliphatic rings. The largest absolute Gasteiger partial charge is 0.380 e. The van der Waals surface area contributed by atoms with Gasteiger partial charge in [0.1, 0.15) is 0 Å². The quantitative estimate of drug-likeness (QED) is 0.785. The Morgan fingerprint density at radius 3 is 3.26 bits per heavy atom. The molecule has 0 radical (unpaired) electrons. The maximum atomic E-state index is 5.19. The molecule has 19 heavy (non-hydrogen) atoms. The van der Waals surface area contributed by atoms with Gasteiger partial charge in [0.05, 0.1) is 24.3 Å². The van der Waals surface area contributed by atoms with Gasteiger partial charge < -0.3 is 15.0 Å². The number of fused-ring (bicyclic) bond motifs is 1.